The van der Waals surface area contributed by atoms with Gasteiger partial charge in [0.1, 0.15) is 5.71 Å². The summed E-state index contributed by atoms with van der Waals surface area (Å²) in [5, 5.41) is 9.79. The molecule has 0 aromatic rings. The van der Waals surface area contributed by atoms with Crippen LogP contribution in [0.1, 0.15) is 25.7 Å². The number of hydrazone groups is 1. The topological polar surface area (TPSA) is 82.6 Å². The van der Waals surface area contributed by atoms with E-state index in [0.717, 1.165) is 6.54 Å². The predicted molar refractivity (Wildman–Crippen MR) is 58.8 cm³/mol. The summed E-state index contributed by atoms with van der Waals surface area (Å²) in [4.78, 5) is 22.4. The Morgan fingerprint density at radius 3 is 2.81 bits per heavy atom. The van der Waals surface area contributed by atoms with Crippen molar-refractivity contribution in [2.75, 3.05) is 13.1 Å². The fourth-order valence-electron chi connectivity index (χ4n) is 1.48. The van der Waals surface area contributed by atoms with Crippen LogP contribution in [0.25, 0.3) is 0 Å². The summed E-state index contributed by atoms with van der Waals surface area (Å²) in [6, 6.07) is 0.656. The zero-order valence-corrected chi connectivity index (χ0v) is 9.08. The molecule has 0 radical (unpaired) electrons. The minimum absolute atomic E-state index is 0.132. The van der Waals surface area contributed by atoms with Gasteiger partial charge in [0.25, 0.3) is 5.91 Å². The third kappa shape index (κ3) is 3.30. The summed E-state index contributed by atoms with van der Waals surface area (Å²) >= 11 is 0. The van der Waals surface area contributed by atoms with E-state index in [1.165, 1.54) is 12.8 Å². The van der Waals surface area contributed by atoms with Crippen LogP contribution in [0.2, 0.25) is 0 Å². The summed E-state index contributed by atoms with van der Waals surface area (Å²) in [6.07, 6.45) is 3.25. The molecule has 0 spiro atoms. The molecule has 1 fully saturated rings. The highest BCUT2D eigenvalue weighted by molar-refractivity contribution is 6.39. The predicted octanol–water partition coefficient (Wildman–Crippen LogP) is -0.879. The maximum Gasteiger partial charge on any atom is 0.267 e. The Morgan fingerprint density at radius 2 is 2.19 bits per heavy atom. The van der Waals surface area contributed by atoms with Crippen LogP contribution in [-0.2, 0) is 9.59 Å². The Balaban J connectivity index is 1.64. The Kier molecular flexibility index (Phi) is 3.51. The number of hydrogen-bond acceptors (Lipinski definition) is 4. The van der Waals surface area contributed by atoms with Crippen LogP contribution in [0.5, 0.6) is 0 Å². The molecule has 0 saturated heterocycles. The summed E-state index contributed by atoms with van der Waals surface area (Å²) in [7, 11) is 0. The quantitative estimate of drug-likeness (QED) is 0.530. The second-order valence-corrected chi connectivity index (χ2v) is 4.08. The van der Waals surface area contributed by atoms with Crippen LogP contribution in [0.4, 0.5) is 0 Å². The minimum atomic E-state index is -0.183. The van der Waals surface area contributed by atoms with Gasteiger partial charge in [-0.2, -0.15) is 5.10 Å². The molecule has 6 nitrogen and oxygen atoms in total. The monoisotopic (exact) mass is 224 g/mol. The number of nitrogens with zero attached hydrogens (tertiary/aromatic N) is 1. The third-order valence-corrected chi connectivity index (χ3v) is 2.59. The molecular weight excluding hydrogens is 208 g/mol. The highest BCUT2D eigenvalue weighted by atomic mass is 16.2. The first-order valence-corrected chi connectivity index (χ1v) is 5.62. The number of carbonyl (C=O) groups excluding carboxylic acids is 2. The van der Waals surface area contributed by atoms with Crippen molar-refractivity contribution in [3.05, 3.63) is 0 Å². The van der Waals surface area contributed by atoms with E-state index >= 15 is 0 Å². The molecule has 0 atom stereocenters. The zero-order valence-electron chi connectivity index (χ0n) is 9.08. The maximum atomic E-state index is 11.5. The van der Waals surface area contributed by atoms with Crippen molar-refractivity contribution < 1.29 is 9.59 Å². The lowest BCUT2D eigenvalue weighted by molar-refractivity contribution is -0.121. The molecule has 16 heavy (non-hydrogen) atoms. The lowest BCUT2D eigenvalue weighted by atomic mass is 10.1. The molecular formula is C10H16N4O2. The van der Waals surface area contributed by atoms with Crippen molar-refractivity contribution in [1.29, 1.82) is 0 Å². The second kappa shape index (κ2) is 5.07. The van der Waals surface area contributed by atoms with Gasteiger partial charge in [-0.15, -0.1) is 0 Å². The molecule has 2 aliphatic rings. The van der Waals surface area contributed by atoms with Gasteiger partial charge in [0.15, 0.2) is 0 Å². The first-order chi connectivity index (χ1) is 7.75. The van der Waals surface area contributed by atoms with Crippen LogP contribution in [0.15, 0.2) is 5.10 Å². The molecule has 0 aromatic heterocycles. The zero-order chi connectivity index (χ0) is 11.4. The van der Waals surface area contributed by atoms with Crippen LogP contribution in [0.3, 0.4) is 0 Å². The van der Waals surface area contributed by atoms with Crippen molar-refractivity contribution in [3.63, 3.8) is 0 Å². The van der Waals surface area contributed by atoms with Crippen LogP contribution >= 0.6 is 0 Å². The molecule has 2 rings (SSSR count). The van der Waals surface area contributed by atoms with Gasteiger partial charge in [0, 0.05) is 32.0 Å². The molecule has 3 N–H and O–H groups in total. The van der Waals surface area contributed by atoms with Gasteiger partial charge in [-0.1, -0.05) is 0 Å². The van der Waals surface area contributed by atoms with E-state index in [0.29, 0.717) is 31.1 Å². The van der Waals surface area contributed by atoms with Gasteiger partial charge in [0.2, 0.25) is 5.91 Å². The Hall–Kier alpha value is -1.43. The van der Waals surface area contributed by atoms with Gasteiger partial charge in [-0.05, 0) is 12.8 Å². The van der Waals surface area contributed by atoms with E-state index in [4.69, 9.17) is 0 Å². The van der Waals surface area contributed by atoms with Crippen molar-refractivity contribution in [2.24, 2.45) is 5.10 Å². The largest absolute Gasteiger partial charge is 0.350 e. The average molecular weight is 224 g/mol. The molecule has 1 aliphatic heterocycles. The first kappa shape index (κ1) is 11.1. The molecule has 2 amide bonds. The highest BCUT2D eigenvalue weighted by Crippen LogP contribution is 2.17. The average Bonchev–Trinajstić information content (AvgIpc) is 3.09. The first-order valence-electron chi connectivity index (χ1n) is 5.62. The molecule has 88 valence electrons. The molecule has 6 heteroatoms. The number of hydrogen-bond donors (Lipinski definition) is 3. The fourth-order valence-corrected chi connectivity index (χ4v) is 1.48. The fraction of sp³-hybridized carbons (Fsp3) is 0.700. The third-order valence-electron chi connectivity index (χ3n) is 2.59. The Labute approximate surface area is 93.9 Å². The number of amides is 2. The minimum Gasteiger partial charge on any atom is -0.350 e. The smallest absolute Gasteiger partial charge is 0.267 e. The number of rotatable bonds is 5. The van der Waals surface area contributed by atoms with E-state index in [1.807, 2.05) is 0 Å². The number of nitrogens with one attached hydrogen (secondary N) is 3. The standard InChI is InChI=1S/C10H16N4O2/c15-9-4-3-8(13-14-9)10(16)12-6-5-11-7-1-2-7/h7,11H,1-6H2,(H,12,16)(H,14,15). The van der Waals surface area contributed by atoms with Crippen LogP contribution in [0, 0.1) is 0 Å². The van der Waals surface area contributed by atoms with Gasteiger partial charge in [0.05, 0.1) is 0 Å². The van der Waals surface area contributed by atoms with Crippen molar-refractivity contribution >= 4 is 17.5 Å². The van der Waals surface area contributed by atoms with Crippen LogP contribution < -0.4 is 16.1 Å². The summed E-state index contributed by atoms with van der Waals surface area (Å²) < 4.78 is 0. The number of carbonyl (C=O) groups is 2. The second-order valence-electron chi connectivity index (χ2n) is 4.08. The van der Waals surface area contributed by atoms with Gasteiger partial charge in [-0.3, -0.25) is 9.59 Å². The maximum absolute atomic E-state index is 11.5. The Morgan fingerprint density at radius 1 is 1.38 bits per heavy atom. The van der Waals surface area contributed by atoms with Crippen molar-refractivity contribution in [2.45, 2.75) is 31.7 Å². The summed E-state index contributed by atoms with van der Waals surface area (Å²) in [5.41, 5.74) is 2.71. The van der Waals surface area contributed by atoms with Crippen molar-refractivity contribution in [1.82, 2.24) is 16.1 Å². The van der Waals surface area contributed by atoms with E-state index in [1.54, 1.807) is 0 Å². The van der Waals surface area contributed by atoms with Gasteiger partial charge in [-0.25, -0.2) is 5.43 Å². The van der Waals surface area contributed by atoms with Gasteiger partial charge >= 0.3 is 0 Å². The summed E-state index contributed by atoms with van der Waals surface area (Å²) in [6.45, 7) is 1.39. The lowest BCUT2D eigenvalue weighted by Gasteiger charge is -2.12. The van der Waals surface area contributed by atoms with E-state index in [9.17, 15) is 9.59 Å². The molecule has 0 bridgehead atoms. The van der Waals surface area contributed by atoms with E-state index in [-0.39, 0.29) is 11.8 Å². The van der Waals surface area contributed by atoms with Crippen LogP contribution in [-0.4, -0.2) is 36.7 Å². The normalized spacial score (nSPS) is 20.0. The Bertz CT molecular complexity index is 323. The van der Waals surface area contributed by atoms with Crippen molar-refractivity contribution in [3.8, 4) is 0 Å². The highest BCUT2D eigenvalue weighted by Gasteiger charge is 2.20. The van der Waals surface area contributed by atoms with E-state index < -0.39 is 0 Å². The molecule has 1 saturated carbocycles. The molecule has 0 unspecified atom stereocenters. The lowest BCUT2D eigenvalue weighted by Crippen LogP contribution is -2.39. The summed E-state index contributed by atoms with van der Waals surface area (Å²) in [5.74, 6) is -0.315. The molecule has 1 heterocycles. The van der Waals surface area contributed by atoms with Gasteiger partial charge < -0.3 is 10.6 Å². The molecule has 1 aliphatic carbocycles. The van der Waals surface area contributed by atoms with E-state index in [2.05, 4.69) is 21.2 Å². The molecule has 0 aromatic carbocycles. The SMILES string of the molecule is O=C1CCC(C(=O)NCCNC2CC2)=NN1.